The number of hydrogen-bond acceptors (Lipinski definition) is 7. The van der Waals surface area contributed by atoms with Crippen LogP contribution >= 0.6 is 23.4 Å². The van der Waals surface area contributed by atoms with Gasteiger partial charge in [0, 0.05) is 24.8 Å². The van der Waals surface area contributed by atoms with Crippen molar-refractivity contribution in [3.63, 3.8) is 0 Å². The van der Waals surface area contributed by atoms with Gasteiger partial charge in [-0.05, 0) is 29.4 Å². The maximum absolute atomic E-state index is 5.88. The predicted octanol–water partition coefficient (Wildman–Crippen LogP) is 1.65. The van der Waals surface area contributed by atoms with Crippen LogP contribution in [-0.2, 0) is 0 Å². The molecule has 0 radical (unpaired) electrons. The molecule has 0 aromatic carbocycles. The largest absolute Gasteiger partial charge is 0.260 e. The van der Waals surface area contributed by atoms with E-state index in [4.69, 9.17) is 11.6 Å². The van der Waals surface area contributed by atoms with E-state index in [0.717, 1.165) is 0 Å². The van der Waals surface area contributed by atoms with Gasteiger partial charge in [-0.2, -0.15) is 20.1 Å². The highest BCUT2D eigenvalue weighted by Gasteiger charge is 2.09. The van der Waals surface area contributed by atoms with Gasteiger partial charge in [-0.15, -0.1) is 0 Å². The lowest BCUT2D eigenvalue weighted by atomic mass is 10.7. The second kappa shape index (κ2) is 5.29. The molecule has 0 unspecified atom stereocenters. The molecule has 0 aliphatic carbocycles. The highest BCUT2D eigenvalue weighted by atomic mass is 35.5. The van der Waals surface area contributed by atoms with Crippen molar-refractivity contribution in [2.45, 2.75) is 10.2 Å². The van der Waals surface area contributed by atoms with Crippen molar-refractivity contribution in [1.82, 2.24) is 34.7 Å². The summed E-state index contributed by atoms with van der Waals surface area (Å²) in [7, 11) is 0. The van der Waals surface area contributed by atoms with E-state index in [9.17, 15) is 0 Å². The Hall–Kier alpha value is -2.06. The van der Waals surface area contributed by atoms with Gasteiger partial charge >= 0.3 is 0 Å². The van der Waals surface area contributed by atoms with E-state index in [1.165, 1.54) is 16.4 Å². The van der Waals surface area contributed by atoms with Gasteiger partial charge in [0.1, 0.15) is 5.03 Å². The first-order valence-corrected chi connectivity index (χ1v) is 6.36. The molecule has 3 heterocycles. The predicted molar refractivity (Wildman–Crippen MR) is 68.1 cm³/mol. The fraction of sp³-hybridized carbons (Fsp3) is 0. The molecule has 3 aromatic rings. The van der Waals surface area contributed by atoms with Crippen molar-refractivity contribution in [1.29, 1.82) is 0 Å². The SMILES string of the molecule is Clc1nc(Sc2cnccn2)nc(-n2cccn2)n1. The summed E-state index contributed by atoms with van der Waals surface area (Å²) < 4.78 is 1.51. The minimum absolute atomic E-state index is 0.104. The van der Waals surface area contributed by atoms with Crippen molar-refractivity contribution >= 4 is 23.4 Å². The monoisotopic (exact) mass is 291 g/mol. The summed E-state index contributed by atoms with van der Waals surface area (Å²) in [5.74, 6) is 0.358. The van der Waals surface area contributed by atoms with Crippen LogP contribution in [0.5, 0.6) is 0 Å². The molecule has 9 heteroatoms. The molecule has 0 aliphatic heterocycles. The first-order chi connectivity index (χ1) is 9.31. The minimum atomic E-state index is 0.104. The van der Waals surface area contributed by atoms with Crippen molar-refractivity contribution in [3.8, 4) is 5.95 Å². The molecule has 7 nitrogen and oxygen atoms in total. The summed E-state index contributed by atoms with van der Waals surface area (Å²) in [6.07, 6.45) is 8.17. The topological polar surface area (TPSA) is 82.3 Å². The van der Waals surface area contributed by atoms with Crippen LogP contribution < -0.4 is 0 Å². The Morgan fingerprint density at radius 1 is 1.11 bits per heavy atom. The Bertz CT molecular complexity index is 674. The lowest BCUT2D eigenvalue weighted by Crippen LogP contribution is -2.04. The van der Waals surface area contributed by atoms with E-state index in [1.54, 1.807) is 37.1 Å². The van der Waals surface area contributed by atoms with Gasteiger partial charge in [0.05, 0.1) is 6.20 Å². The number of halogens is 1. The van der Waals surface area contributed by atoms with Crippen LogP contribution in [-0.4, -0.2) is 34.7 Å². The summed E-state index contributed by atoms with van der Waals surface area (Å²) in [6, 6.07) is 1.77. The average molecular weight is 292 g/mol. The van der Waals surface area contributed by atoms with Gasteiger partial charge in [0.25, 0.3) is 5.95 Å². The van der Waals surface area contributed by atoms with E-state index in [0.29, 0.717) is 16.1 Å². The first-order valence-electron chi connectivity index (χ1n) is 5.17. The van der Waals surface area contributed by atoms with Crippen molar-refractivity contribution in [3.05, 3.63) is 42.3 Å². The fourth-order valence-electron chi connectivity index (χ4n) is 1.29. The Morgan fingerprint density at radius 2 is 2.05 bits per heavy atom. The molecule has 0 amide bonds. The van der Waals surface area contributed by atoms with Crippen molar-refractivity contribution < 1.29 is 0 Å². The van der Waals surface area contributed by atoms with Gasteiger partial charge in [-0.1, -0.05) is 0 Å². The molecule has 0 saturated heterocycles. The molecule has 3 aromatic heterocycles. The second-order valence-electron chi connectivity index (χ2n) is 3.28. The Balaban J connectivity index is 1.94. The number of aromatic nitrogens is 7. The Kier molecular flexibility index (Phi) is 3.34. The summed E-state index contributed by atoms with van der Waals surface area (Å²) in [6.45, 7) is 0. The molecular weight excluding hydrogens is 286 g/mol. The smallest absolute Gasteiger partial charge is 0.255 e. The van der Waals surface area contributed by atoms with Gasteiger partial charge in [0.15, 0.2) is 5.16 Å². The summed E-state index contributed by atoms with van der Waals surface area (Å²) in [5, 5.41) is 5.26. The van der Waals surface area contributed by atoms with Crippen LogP contribution in [0.15, 0.2) is 47.2 Å². The van der Waals surface area contributed by atoms with Gasteiger partial charge in [-0.25, -0.2) is 9.67 Å². The maximum Gasteiger partial charge on any atom is 0.255 e. The third-order valence-corrected chi connectivity index (χ3v) is 2.97. The zero-order valence-corrected chi connectivity index (χ0v) is 11.0. The number of rotatable bonds is 3. The lowest BCUT2D eigenvalue weighted by Gasteiger charge is -2.02. The van der Waals surface area contributed by atoms with Crippen molar-refractivity contribution in [2.24, 2.45) is 0 Å². The van der Waals surface area contributed by atoms with Crippen LogP contribution in [0.2, 0.25) is 5.28 Å². The van der Waals surface area contributed by atoms with Gasteiger partial charge in [-0.3, -0.25) is 4.98 Å². The average Bonchev–Trinajstić information content (AvgIpc) is 2.93. The van der Waals surface area contributed by atoms with Crippen LogP contribution in [0.25, 0.3) is 5.95 Å². The second-order valence-corrected chi connectivity index (χ2v) is 4.61. The highest BCUT2D eigenvalue weighted by molar-refractivity contribution is 7.99. The normalized spacial score (nSPS) is 10.6. The van der Waals surface area contributed by atoms with Gasteiger partial charge < -0.3 is 0 Å². The molecule has 3 rings (SSSR count). The van der Waals surface area contributed by atoms with E-state index in [-0.39, 0.29) is 5.28 Å². The minimum Gasteiger partial charge on any atom is -0.260 e. The van der Waals surface area contributed by atoms with E-state index < -0.39 is 0 Å². The summed E-state index contributed by atoms with van der Waals surface area (Å²) >= 11 is 7.13. The van der Waals surface area contributed by atoms with E-state index in [2.05, 4.69) is 30.0 Å². The molecule has 0 bridgehead atoms. The zero-order chi connectivity index (χ0) is 13.1. The fourth-order valence-corrected chi connectivity index (χ4v) is 2.17. The van der Waals surface area contributed by atoms with Gasteiger partial charge in [0.2, 0.25) is 5.28 Å². The third kappa shape index (κ3) is 2.85. The first kappa shape index (κ1) is 12.0. The molecule has 0 saturated carbocycles. The zero-order valence-electron chi connectivity index (χ0n) is 9.38. The summed E-state index contributed by atoms with van der Waals surface area (Å²) in [5.41, 5.74) is 0. The van der Waals surface area contributed by atoms with E-state index in [1.807, 2.05) is 0 Å². The van der Waals surface area contributed by atoms with E-state index >= 15 is 0 Å². The molecule has 0 atom stereocenters. The highest BCUT2D eigenvalue weighted by Crippen LogP contribution is 2.22. The molecule has 94 valence electrons. The lowest BCUT2D eigenvalue weighted by molar-refractivity contribution is 0.758. The molecule has 0 spiro atoms. The van der Waals surface area contributed by atoms with Crippen LogP contribution in [0.3, 0.4) is 0 Å². The molecular formula is C10H6ClN7S. The molecule has 0 N–H and O–H groups in total. The Labute approximate surface area is 117 Å². The number of hydrogen-bond donors (Lipinski definition) is 0. The quantitative estimate of drug-likeness (QED) is 0.725. The maximum atomic E-state index is 5.88. The molecule has 19 heavy (non-hydrogen) atoms. The standard InChI is InChI=1S/C10H6ClN7S/c11-8-15-9(18-5-1-2-14-18)17-10(16-8)19-7-6-12-3-4-13-7/h1-6H. The third-order valence-electron chi connectivity index (χ3n) is 2.02. The van der Waals surface area contributed by atoms with Crippen LogP contribution in [0, 0.1) is 0 Å². The molecule has 0 aliphatic rings. The summed E-state index contributed by atoms with van der Waals surface area (Å²) in [4.78, 5) is 20.4. The Morgan fingerprint density at radius 3 is 2.79 bits per heavy atom. The number of nitrogens with zero attached hydrogens (tertiary/aromatic N) is 7. The van der Waals surface area contributed by atoms with Crippen molar-refractivity contribution in [2.75, 3.05) is 0 Å². The van der Waals surface area contributed by atoms with Crippen LogP contribution in [0.4, 0.5) is 0 Å². The molecule has 0 fully saturated rings. The van der Waals surface area contributed by atoms with Crippen LogP contribution in [0.1, 0.15) is 0 Å².